The Morgan fingerprint density at radius 2 is 2.16 bits per heavy atom. The molecule has 1 rings (SSSR count). The molecule has 1 aromatic rings. The van der Waals surface area contributed by atoms with Crippen LogP contribution >= 0.6 is 11.6 Å². The van der Waals surface area contributed by atoms with Crippen LogP contribution in [0, 0.1) is 0 Å². The molecule has 0 aliphatic heterocycles. The van der Waals surface area contributed by atoms with E-state index in [0.717, 1.165) is 5.56 Å². The van der Waals surface area contributed by atoms with Gasteiger partial charge in [-0.2, -0.15) is 0 Å². The molecule has 0 heterocycles. The predicted molar refractivity (Wildman–Crippen MR) is 73.0 cm³/mol. The van der Waals surface area contributed by atoms with E-state index >= 15 is 0 Å². The lowest BCUT2D eigenvalue weighted by Crippen LogP contribution is -2.39. The molecule has 1 aromatic carbocycles. The standard InChI is InChI=1S/C13H17ClN2O3/c1-3-19-12(17)8-15-13(18)16(2)9-10-5-4-6-11(14)7-10/h4-7H,3,8-9H2,1-2H3,(H,15,18). The topological polar surface area (TPSA) is 58.6 Å². The van der Waals surface area contributed by atoms with Gasteiger partial charge >= 0.3 is 12.0 Å². The number of esters is 1. The fourth-order valence-electron chi connectivity index (χ4n) is 1.48. The number of nitrogens with one attached hydrogen (secondary N) is 1. The summed E-state index contributed by atoms with van der Waals surface area (Å²) in [5, 5.41) is 3.10. The number of benzene rings is 1. The van der Waals surface area contributed by atoms with E-state index in [1.54, 1.807) is 26.1 Å². The van der Waals surface area contributed by atoms with E-state index in [0.29, 0.717) is 18.2 Å². The molecule has 5 nitrogen and oxygen atoms in total. The van der Waals surface area contributed by atoms with Crippen molar-refractivity contribution in [3.63, 3.8) is 0 Å². The van der Waals surface area contributed by atoms with Crippen molar-refractivity contribution in [3.05, 3.63) is 34.9 Å². The van der Waals surface area contributed by atoms with Crippen molar-refractivity contribution in [2.75, 3.05) is 20.2 Å². The zero-order valence-electron chi connectivity index (χ0n) is 11.0. The van der Waals surface area contributed by atoms with Gasteiger partial charge in [-0.05, 0) is 24.6 Å². The first-order valence-electron chi connectivity index (χ1n) is 5.92. The van der Waals surface area contributed by atoms with E-state index in [1.807, 2.05) is 12.1 Å². The number of hydrogen-bond donors (Lipinski definition) is 1. The normalized spacial score (nSPS) is 9.84. The molecule has 0 fully saturated rings. The number of urea groups is 1. The summed E-state index contributed by atoms with van der Waals surface area (Å²) >= 11 is 5.87. The molecule has 0 aliphatic rings. The molecule has 0 atom stereocenters. The lowest BCUT2D eigenvalue weighted by Gasteiger charge is -2.17. The van der Waals surface area contributed by atoms with Crippen LogP contribution in [0.4, 0.5) is 4.79 Å². The smallest absolute Gasteiger partial charge is 0.325 e. The number of nitrogens with zero attached hydrogens (tertiary/aromatic N) is 1. The molecule has 19 heavy (non-hydrogen) atoms. The third-order valence-electron chi connectivity index (χ3n) is 2.34. The van der Waals surface area contributed by atoms with Crippen molar-refractivity contribution < 1.29 is 14.3 Å². The van der Waals surface area contributed by atoms with Crippen LogP contribution in [-0.4, -0.2) is 37.1 Å². The largest absolute Gasteiger partial charge is 0.465 e. The molecule has 0 saturated carbocycles. The zero-order valence-corrected chi connectivity index (χ0v) is 11.7. The Hall–Kier alpha value is -1.75. The van der Waals surface area contributed by atoms with Crippen molar-refractivity contribution >= 4 is 23.6 Å². The minimum Gasteiger partial charge on any atom is -0.465 e. The summed E-state index contributed by atoms with van der Waals surface area (Å²) < 4.78 is 4.72. The molecule has 0 saturated heterocycles. The molecule has 0 spiro atoms. The van der Waals surface area contributed by atoms with Gasteiger partial charge in [0.25, 0.3) is 0 Å². The van der Waals surface area contributed by atoms with Crippen molar-refractivity contribution in [2.45, 2.75) is 13.5 Å². The van der Waals surface area contributed by atoms with Gasteiger partial charge < -0.3 is 15.0 Å². The molecule has 2 amide bonds. The van der Waals surface area contributed by atoms with Crippen LogP contribution in [0.5, 0.6) is 0 Å². The van der Waals surface area contributed by atoms with Crippen LogP contribution in [0.2, 0.25) is 5.02 Å². The van der Waals surface area contributed by atoms with Gasteiger partial charge in [0.05, 0.1) is 6.61 Å². The molecular weight excluding hydrogens is 268 g/mol. The Kier molecular flexibility index (Phi) is 6.15. The monoisotopic (exact) mass is 284 g/mol. The minimum absolute atomic E-state index is 0.132. The van der Waals surface area contributed by atoms with Crippen LogP contribution in [0.1, 0.15) is 12.5 Å². The highest BCUT2D eigenvalue weighted by molar-refractivity contribution is 6.30. The Morgan fingerprint density at radius 1 is 1.42 bits per heavy atom. The first-order chi connectivity index (χ1) is 9.02. The molecule has 0 bridgehead atoms. The quantitative estimate of drug-likeness (QED) is 0.842. The van der Waals surface area contributed by atoms with Crippen LogP contribution in [-0.2, 0) is 16.1 Å². The number of carbonyl (C=O) groups is 2. The minimum atomic E-state index is -0.452. The summed E-state index contributed by atoms with van der Waals surface area (Å²) in [5.74, 6) is -0.452. The summed E-state index contributed by atoms with van der Waals surface area (Å²) in [5.41, 5.74) is 0.918. The SMILES string of the molecule is CCOC(=O)CNC(=O)N(C)Cc1cccc(Cl)c1. The Bertz CT molecular complexity index is 451. The molecule has 104 valence electrons. The second-order valence-corrected chi connectivity index (χ2v) is 4.39. The lowest BCUT2D eigenvalue weighted by atomic mass is 10.2. The van der Waals surface area contributed by atoms with Crippen molar-refractivity contribution in [1.82, 2.24) is 10.2 Å². The van der Waals surface area contributed by atoms with E-state index in [4.69, 9.17) is 16.3 Å². The van der Waals surface area contributed by atoms with E-state index < -0.39 is 5.97 Å². The van der Waals surface area contributed by atoms with Gasteiger partial charge in [-0.15, -0.1) is 0 Å². The van der Waals surface area contributed by atoms with E-state index in [9.17, 15) is 9.59 Å². The number of ether oxygens (including phenoxy) is 1. The zero-order chi connectivity index (χ0) is 14.3. The maximum absolute atomic E-state index is 11.7. The highest BCUT2D eigenvalue weighted by atomic mass is 35.5. The fraction of sp³-hybridized carbons (Fsp3) is 0.385. The van der Waals surface area contributed by atoms with Gasteiger partial charge in [0.2, 0.25) is 0 Å². The van der Waals surface area contributed by atoms with Crippen molar-refractivity contribution in [2.24, 2.45) is 0 Å². The number of rotatable bonds is 5. The molecule has 0 unspecified atom stereocenters. The summed E-state index contributed by atoms with van der Waals surface area (Å²) in [4.78, 5) is 24.3. The summed E-state index contributed by atoms with van der Waals surface area (Å²) in [6.07, 6.45) is 0. The van der Waals surface area contributed by atoms with Gasteiger partial charge in [-0.25, -0.2) is 4.79 Å². The molecule has 0 radical (unpaired) electrons. The summed E-state index contributed by atoms with van der Waals surface area (Å²) in [6.45, 7) is 2.29. The highest BCUT2D eigenvalue weighted by Crippen LogP contribution is 2.11. The Labute approximate surface area is 117 Å². The molecule has 0 aromatic heterocycles. The summed E-state index contributed by atoms with van der Waals surface area (Å²) in [6, 6.07) is 6.92. The van der Waals surface area contributed by atoms with Gasteiger partial charge in [0, 0.05) is 18.6 Å². The van der Waals surface area contributed by atoms with Crippen molar-refractivity contribution in [1.29, 1.82) is 0 Å². The van der Waals surface area contributed by atoms with Gasteiger partial charge in [-0.1, -0.05) is 23.7 Å². The number of hydrogen-bond acceptors (Lipinski definition) is 3. The first-order valence-corrected chi connectivity index (χ1v) is 6.29. The molecule has 6 heteroatoms. The van der Waals surface area contributed by atoms with Gasteiger partial charge in [-0.3, -0.25) is 4.79 Å². The maximum Gasteiger partial charge on any atom is 0.325 e. The van der Waals surface area contributed by atoms with Crippen molar-refractivity contribution in [3.8, 4) is 0 Å². The van der Waals surface area contributed by atoms with Gasteiger partial charge in [0.1, 0.15) is 6.54 Å². The fourth-order valence-corrected chi connectivity index (χ4v) is 1.69. The molecular formula is C13H17ClN2O3. The summed E-state index contributed by atoms with van der Waals surface area (Å²) in [7, 11) is 1.64. The highest BCUT2D eigenvalue weighted by Gasteiger charge is 2.11. The molecule has 0 aliphatic carbocycles. The Balaban J connectivity index is 2.42. The predicted octanol–water partition coefficient (Wildman–Crippen LogP) is 2.04. The van der Waals surface area contributed by atoms with E-state index in [1.165, 1.54) is 4.90 Å². The lowest BCUT2D eigenvalue weighted by molar-refractivity contribution is -0.141. The number of halogens is 1. The second-order valence-electron chi connectivity index (χ2n) is 3.95. The average molecular weight is 285 g/mol. The van der Waals surface area contributed by atoms with Crippen LogP contribution < -0.4 is 5.32 Å². The third-order valence-corrected chi connectivity index (χ3v) is 2.58. The first kappa shape index (κ1) is 15.3. The maximum atomic E-state index is 11.7. The molecule has 1 N–H and O–H groups in total. The van der Waals surface area contributed by atoms with Gasteiger partial charge in [0.15, 0.2) is 0 Å². The van der Waals surface area contributed by atoms with E-state index in [-0.39, 0.29) is 12.6 Å². The number of carbonyl (C=O) groups excluding carboxylic acids is 2. The van der Waals surface area contributed by atoms with Crippen LogP contribution in [0.3, 0.4) is 0 Å². The average Bonchev–Trinajstić information content (AvgIpc) is 2.36. The van der Waals surface area contributed by atoms with Crippen LogP contribution in [0.15, 0.2) is 24.3 Å². The van der Waals surface area contributed by atoms with Crippen LogP contribution in [0.25, 0.3) is 0 Å². The Morgan fingerprint density at radius 3 is 2.79 bits per heavy atom. The third kappa shape index (κ3) is 5.61. The second kappa shape index (κ2) is 7.63. The number of amides is 2. The van der Waals surface area contributed by atoms with E-state index in [2.05, 4.69) is 5.32 Å².